The zero-order chi connectivity index (χ0) is 17.5. The van der Waals surface area contributed by atoms with E-state index in [1.165, 1.54) is 0 Å². The second kappa shape index (κ2) is 8.54. The van der Waals surface area contributed by atoms with Gasteiger partial charge in [0.2, 0.25) is 11.8 Å². The number of piperazine rings is 1. The third-order valence-electron chi connectivity index (χ3n) is 4.05. The lowest BCUT2D eigenvalue weighted by atomic mass is 10.1. The van der Waals surface area contributed by atoms with E-state index >= 15 is 0 Å². The van der Waals surface area contributed by atoms with Gasteiger partial charge in [-0.15, -0.1) is 0 Å². The average molecular weight is 335 g/mol. The molecule has 2 rings (SSSR count). The number of methoxy groups -OCH3 is 2. The van der Waals surface area contributed by atoms with E-state index in [-0.39, 0.29) is 18.2 Å². The summed E-state index contributed by atoms with van der Waals surface area (Å²) in [5, 5.41) is 5.58. The zero-order valence-corrected chi connectivity index (χ0v) is 14.4. The lowest BCUT2D eigenvalue weighted by Gasteiger charge is -2.35. The van der Waals surface area contributed by atoms with Crippen LogP contribution in [-0.4, -0.2) is 56.6 Å². The molecular weight excluding hydrogens is 310 g/mol. The van der Waals surface area contributed by atoms with Crippen molar-refractivity contribution in [3.05, 3.63) is 23.8 Å². The molecule has 2 N–H and O–H groups in total. The lowest BCUT2D eigenvalue weighted by molar-refractivity contribution is -0.134. The molecule has 1 unspecified atom stereocenters. The van der Waals surface area contributed by atoms with Gasteiger partial charge in [0, 0.05) is 31.7 Å². The van der Waals surface area contributed by atoms with Crippen molar-refractivity contribution >= 4 is 11.8 Å². The van der Waals surface area contributed by atoms with E-state index in [0.29, 0.717) is 37.7 Å². The summed E-state index contributed by atoms with van der Waals surface area (Å²) in [4.78, 5) is 26.1. The first-order chi connectivity index (χ1) is 11.6. The van der Waals surface area contributed by atoms with Crippen molar-refractivity contribution in [1.29, 1.82) is 0 Å². The Morgan fingerprint density at radius 2 is 2.17 bits per heavy atom. The molecule has 0 bridgehead atoms. The Morgan fingerprint density at radius 1 is 1.38 bits per heavy atom. The maximum Gasteiger partial charge on any atom is 0.237 e. The van der Waals surface area contributed by atoms with Crippen molar-refractivity contribution in [3.8, 4) is 11.5 Å². The molecule has 1 aromatic rings. The van der Waals surface area contributed by atoms with Crippen LogP contribution in [0, 0.1) is 0 Å². The molecule has 0 saturated carbocycles. The summed E-state index contributed by atoms with van der Waals surface area (Å²) in [5.74, 6) is 1.07. The Morgan fingerprint density at radius 3 is 2.83 bits per heavy atom. The van der Waals surface area contributed by atoms with Crippen molar-refractivity contribution < 1.29 is 19.1 Å². The predicted octanol–water partition coefficient (Wildman–Crippen LogP) is 0.530. The summed E-state index contributed by atoms with van der Waals surface area (Å²) in [7, 11) is 3.18. The largest absolute Gasteiger partial charge is 0.493 e. The smallest absolute Gasteiger partial charge is 0.237 e. The highest BCUT2D eigenvalue weighted by molar-refractivity contribution is 5.88. The molecule has 1 saturated heterocycles. The third kappa shape index (κ3) is 4.17. The topological polar surface area (TPSA) is 79.9 Å². The number of hydrogen-bond acceptors (Lipinski definition) is 5. The van der Waals surface area contributed by atoms with Gasteiger partial charge in [0.25, 0.3) is 0 Å². The first-order valence-corrected chi connectivity index (χ1v) is 8.09. The number of rotatable bonds is 7. The number of ether oxygens (including phenoxy) is 2. The highest BCUT2D eigenvalue weighted by Gasteiger charge is 2.32. The summed E-state index contributed by atoms with van der Waals surface area (Å²) in [6, 6.07) is 5.18. The molecule has 2 amide bonds. The highest BCUT2D eigenvalue weighted by Crippen LogP contribution is 2.32. The van der Waals surface area contributed by atoms with E-state index in [1.807, 2.05) is 30.0 Å². The van der Waals surface area contributed by atoms with Crippen LogP contribution in [0.15, 0.2) is 18.2 Å². The SMILES string of the molecule is CCNC(=O)CC1C(=O)NCCN1Cc1cccc(OC)c1OC. The van der Waals surface area contributed by atoms with Gasteiger partial charge in [-0.25, -0.2) is 0 Å². The standard InChI is InChI=1S/C17H25N3O4/c1-4-18-15(21)10-13-17(22)19-8-9-20(13)11-12-6-5-7-14(23-2)16(12)24-3/h5-7,13H,4,8-11H2,1-3H3,(H,18,21)(H,19,22). The van der Waals surface area contributed by atoms with Crippen LogP contribution in [-0.2, 0) is 16.1 Å². The molecule has 1 fully saturated rings. The van der Waals surface area contributed by atoms with Gasteiger partial charge in [0.1, 0.15) is 0 Å². The Hall–Kier alpha value is -2.28. The molecule has 7 nitrogen and oxygen atoms in total. The number of benzene rings is 1. The number of para-hydroxylation sites is 1. The summed E-state index contributed by atoms with van der Waals surface area (Å²) in [5.41, 5.74) is 0.924. The van der Waals surface area contributed by atoms with Crippen LogP contribution in [0.3, 0.4) is 0 Å². The Kier molecular flexibility index (Phi) is 6.43. The molecule has 1 aromatic carbocycles. The fourth-order valence-electron chi connectivity index (χ4n) is 2.92. The summed E-state index contributed by atoms with van der Waals surface area (Å²) in [6.45, 7) is 4.17. The Balaban J connectivity index is 2.19. The van der Waals surface area contributed by atoms with Crippen LogP contribution in [0.5, 0.6) is 11.5 Å². The van der Waals surface area contributed by atoms with Crippen LogP contribution in [0.4, 0.5) is 0 Å². The van der Waals surface area contributed by atoms with Gasteiger partial charge >= 0.3 is 0 Å². The summed E-state index contributed by atoms with van der Waals surface area (Å²) < 4.78 is 10.8. The van der Waals surface area contributed by atoms with Gasteiger partial charge in [-0.1, -0.05) is 12.1 Å². The number of hydrogen-bond donors (Lipinski definition) is 2. The van der Waals surface area contributed by atoms with Crippen LogP contribution in [0.25, 0.3) is 0 Å². The van der Waals surface area contributed by atoms with Crippen molar-refractivity contribution in [2.24, 2.45) is 0 Å². The molecule has 24 heavy (non-hydrogen) atoms. The fraction of sp³-hybridized carbons (Fsp3) is 0.529. The van der Waals surface area contributed by atoms with E-state index in [9.17, 15) is 9.59 Å². The van der Waals surface area contributed by atoms with Gasteiger partial charge in [0.15, 0.2) is 11.5 Å². The van der Waals surface area contributed by atoms with E-state index in [1.54, 1.807) is 14.2 Å². The van der Waals surface area contributed by atoms with Gasteiger partial charge in [-0.3, -0.25) is 14.5 Å². The summed E-state index contributed by atoms with van der Waals surface area (Å²) >= 11 is 0. The van der Waals surface area contributed by atoms with Crippen molar-refractivity contribution in [3.63, 3.8) is 0 Å². The van der Waals surface area contributed by atoms with Crippen molar-refractivity contribution in [2.75, 3.05) is 33.9 Å². The third-order valence-corrected chi connectivity index (χ3v) is 4.05. The van der Waals surface area contributed by atoms with Crippen LogP contribution < -0.4 is 20.1 Å². The molecule has 0 aliphatic carbocycles. The minimum absolute atomic E-state index is 0.116. The maximum absolute atomic E-state index is 12.2. The first-order valence-electron chi connectivity index (χ1n) is 8.09. The second-order valence-corrected chi connectivity index (χ2v) is 5.59. The van der Waals surface area contributed by atoms with E-state index < -0.39 is 6.04 Å². The molecule has 7 heteroatoms. The number of carbonyl (C=O) groups excluding carboxylic acids is 2. The Labute approximate surface area is 142 Å². The zero-order valence-electron chi connectivity index (χ0n) is 14.4. The van der Waals surface area contributed by atoms with E-state index in [4.69, 9.17) is 9.47 Å². The van der Waals surface area contributed by atoms with Crippen molar-refractivity contribution in [1.82, 2.24) is 15.5 Å². The average Bonchev–Trinajstić information content (AvgIpc) is 2.58. The Bertz CT molecular complexity index is 591. The number of carbonyl (C=O) groups is 2. The lowest BCUT2D eigenvalue weighted by Crippen LogP contribution is -2.56. The molecular formula is C17H25N3O4. The van der Waals surface area contributed by atoms with E-state index in [2.05, 4.69) is 10.6 Å². The van der Waals surface area contributed by atoms with E-state index in [0.717, 1.165) is 5.56 Å². The normalized spacial score (nSPS) is 18.0. The van der Waals surface area contributed by atoms with Gasteiger partial charge in [0.05, 0.1) is 26.7 Å². The first kappa shape index (κ1) is 18.1. The monoisotopic (exact) mass is 335 g/mol. The van der Waals surface area contributed by atoms with Crippen LogP contribution in [0.1, 0.15) is 18.9 Å². The van der Waals surface area contributed by atoms with Crippen LogP contribution >= 0.6 is 0 Å². The maximum atomic E-state index is 12.2. The van der Waals surface area contributed by atoms with Crippen molar-refractivity contribution in [2.45, 2.75) is 25.9 Å². The minimum Gasteiger partial charge on any atom is -0.493 e. The molecule has 1 atom stereocenters. The highest BCUT2D eigenvalue weighted by atomic mass is 16.5. The second-order valence-electron chi connectivity index (χ2n) is 5.59. The molecule has 1 aliphatic rings. The molecule has 0 spiro atoms. The number of nitrogens with zero attached hydrogens (tertiary/aromatic N) is 1. The van der Waals surface area contributed by atoms with Crippen LogP contribution in [0.2, 0.25) is 0 Å². The van der Waals surface area contributed by atoms with Gasteiger partial charge in [-0.2, -0.15) is 0 Å². The molecule has 132 valence electrons. The quantitative estimate of drug-likeness (QED) is 0.760. The molecule has 1 aliphatic heterocycles. The number of amides is 2. The predicted molar refractivity (Wildman–Crippen MR) is 90.1 cm³/mol. The van der Waals surface area contributed by atoms with Gasteiger partial charge < -0.3 is 20.1 Å². The minimum atomic E-state index is -0.485. The summed E-state index contributed by atoms with van der Waals surface area (Å²) in [6.07, 6.45) is 0.145. The molecule has 0 aromatic heterocycles. The fourth-order valence-corrected chi connectivity index (χ4v) is 2.92. The van der Waals surface area contributed by atoms with Gasteiger partial charge in [-0.05, 0) is 13.0 Å². The number of nitrogens with one attached hydrogen (secondary N) is 2. The molecule has 0 radical (unpaired) electrons. The molecule has 1 heterocycles.